The molecule has 1 aromatic carbocycles. The van der Waals surface area contributed by atoms with E-state index in [-0.39, 0.29) is 31.4 Å². The third-order valence-electron chi connectivity index (χ3n) is 2.37. The van der Waals surface area contributed by atoms with E-state index >= 15 is 0 Å². The summed E-state index contributed by atoms with van der Waals surface area (Å²) in [6, 6.07) is 5.14. The Bertz CT molecular complexity index is 460. The van der Waals surface area contributed by atoms with E-state index in [2.05, 4.69) is 10.6 Å². The molecule has 0 aromatic heterocycles. The highest BCUT2D eigenvalue weighted by Gasteiger charge is 2.08. The molecule has 3 N–H and O–H groups in total. The molecule has 0 aliphatic carbocycles. The van der Waals surface area contributed by atoms with Gasteiger partial charge in [-0.2, -0.15) is 0 Å². The van der Waals surface area contributed by atoms with Gasteiger partial charge in [-0.05, 0) is 17.7 Å². The van der Waals surface area contributed by atoms with Gasteiger partial charge in [0.15, 0.2) is 0 Å². The van der Waals surface area contributed by atoms with Crippen molar-refractivity contribution in [1.29, 1.82) is 0 Å². The second-order valence-electron chi connectivity index (χ2n) is 3.97. The molecule has 19 heavy (non-hydrogen) atoms. The number of methoxy groups -OCH3 is 1. The third-order valence-corrected chi connectivity index (χ3v) is 2.37. The van der Waals surface area contributed by atoms with Crippen molar-refractivity contribution < 1.29 is 19.4 Å². The van der Waals surface area contributed by atoms with E-state index in [1.807, 2.05) is 0 Å². The van der Waals surface area contributed by atoms with Crippen molar-refractivity contribution in [2.45, 2.75) is 13.3 Å². The van der Waals surface area contributed by atoms with Crippen molar-refractivity contribution in [2.75, 3.05) is 25.6 Å². The van der Waals surface area contributed by atoms with Gasteiger partial charge in [-0.15, -0.1) is 0 Å². The van der Waals surface area contributed by atoms with Crippen LogP contribution in [0, 0.1) is 0 Å². The van der Waals surface area contributed by atoms with Crippen LogP contribution >= 0.6 is 0 Å². The highest BCUT2D eigenvalue weighted by molar-refractivity contribution is 5.90. The molecule has 0 atom stereocenters. The molecule has 6 nitrogen and oxygen atoms in total. The molecule has 1 rings (SSSR count). The zero-order chi connectivity index (χ0) is 14.3. The van der Waals surface area contributed by atoms with Crippen molar-refractivity contribution in [3.63, 3.8) is 0 Å². The van der Waals surface area contributed by atoms with Crippen LogP contribution in [0.1, 0.15) is 12.5 Å². The molecule has 0 heterocycles. The summed E-state index contributed by atoms with van der Waals surface area (Å²) in [6.07, 6.45) is 0.177. The zero-order valence-electron chi connectivity index (χ0n) is 11.0. The first kappa shape index (κ1) is 15.0. The number of aliphatic hydroxyl groups excluding tert-OH is 1. The van der Waals surface area contributed by atoms with Crippen LogP contribution in [0.5, 0.6) is 5.75 Å². The van der Waals surface area contributed by atoms with Crippen molar-refractivity contribution in [2.24, 2.45) is 0 Å². The Hall–Kier alpha value is -2.08. The Morgan fingerprint density at radius 1 is 1.37 bits per heavy atom. The molecule has 0 aliphatic heterocycles. The highest BCUT2D eigenvalue weighted by atomic mass is 16.5. The van der Waals surface area contributed by atoms with E-state index in [9.17, 15) is 9.59 Å². The fourth-order valence-electron chi connectivity index (χ4n) is 1.60. The molecular weight excluding hydrogens is 248 g/mol. The zero-order valence-corrected chi connectivity index (χ0v) is 11.0. The molecule has 1 aromatic rings. The number of amides is 2. The van der Waals surface area contributed by atoms with Gasteiger partial charge in [0.1, 0.15) is 5.75 Å². The number of nitrogens with one attached hydrogen (secondary N) is 2. The Balaban J connectivity index is 2.79. The van der Waals surface area contributed by atoms with Crippen molar-refractivity contribution in [3.05, 3.63) is 23.8 Å². The van der Waals surface area contributed by atoms with Gasteiger partial charge in [0.05, 0.1) is 25.8 Å². The number of carbonyl (C=O) groups excluding carboxylic acids is 2. The maximum atomic E-state index is 11.5. The molecule has 104 valence electrons. The fourth-order valence-corrected chi connectivity index (χ4v) is 1.60. The standard InChI is InChI=1S/C13H18N2O4/c1-9(17)15-11-7-10(3-4-12(11)19-2)8-13(18)14-5-6-16/h3-4,7,16H,5-6,8H2,1-2H3,(H,14,18)(H,15,17). The van der Waals surface area contributed by atoms with Crippen LogP contribution in [0.25, 0.3) is 0 Å². The number of benzene rings is 1. The van der Waals surface area contributed by atoms with E-state index in [1.54, 1.807) is 18.2 Å². The van der Waals surface area contributed by atoms with Gasteiger partial charge in [-0.3, -0.25) is 9.59 Å². The summed E-state index contributed by atoms with van der Waals surface area (Å²) >= 11 is 0. The van der Waals surface area contributed by atoms with Crippen LogP contribution in [0.15, 0.2) is 18.2 Å². The Morgan fingerprint density at radius 3 is 2.68 bits per heavy atom. The van der Waals surface area contributed by atoms with Gasteiger partial charge >= 0.3 is 0 Å². The molecular formula is C13H18N2O4. The second kappa shape index (κ2) is 7.38. The monoisotopic (exact) mass is 266 g/mol. The smallest absolute Gasteiger partial charge is 0.224 e. The number of anilines is 1. The van der Waals surface area contributed by atoms with Crippen LogP contribution in [0.2, 0.25) is 0 Å². The Kier molecular flexibility index (Phi) is 5.81. The normalized spacial score (nSPS) is 9.84. The molecule has 0 radical (unpaired) electrons. The summed E-state index contributed by atoms with van der Waals surface area (Å²) in [4.78, 5) is 22.6. The summed E-state index contributed by atoms with van der Waals surface area (Å²) in [5.74, 6) is 0.142. The van der Waals surface area contributed by atoms with Gasteiger partial charge < -0.3 is 20.5 Å². The van der Waals surface area contributed by atoms with E-state index in [4.69, 9.17) is 9.84 Å². The number of carbonyl (C=O) groups is 2. The van der Waals surface area contributed by atoms with Gasteiger partial charge in [-0.25, -0.2) is 0 Å². The molecule has 0 bridgehead atoms. The van der Waals surface area contributed by atoms with Crippen molar-refractivity contribution in [1.82, 2.24) is 5.32 Å². The third kappa shape index (κ3) is 4.97. The predicted octanol–water partition coefficient (Wildman–Crippen LogP) is 0.305. The maximum Gasteiger partial charge on any atom is 0.224 e. The first-order valence-corrected chi connectivity index (χ1v) is 5.89. The summed E-state index contributed by atoms with van der Waals surface area (Å²) in [7, 11) is 1.51. The number of hydrogen-bond acceptors (Lipinski definition) is 4. The largest absolute Gasteiger partial charge is 0.495 e. The molecule has 0 spiro atoms. The number of ether oxygens (including phenoxy) is 1. The van der Waals surface area contributed by atoms with Crippen LogP contribution in [0.4, 0.5) is 5.69 Å². The van der Waals surface area contributed by atoms with Crippen LogP contribution in [0.3, 0.4) is 0 Å². The molecule has 6 heteroatoms. The lowest BCUT2D eigenvalue weighted by molar-refractivity contribution is -0.120. The fraction of sp³-hybridized carbons (Fsp3) is 0.385. The first-order chi connectivity index (χ1) is 9.06. The average Bonchev–Trinajstić information content (AvgIpc) is 2.36. The van der Waals surface area contributed by atoms with E-state index in [1.165, 1.54) is 14.0 Å². The van der Waals surface area contributed by atoms with Crippen LogP contribution in [-0.2, 0) is 16.0 Å². The first-order valence-electron chi connectivity index (χ1n) is 5.89. The maximum absolute atomic E-state index is 11.5. The van der Waals surface area contributed by atoms with Crippen LogP contribution < -0.4 is 15.4 Å². The number of rotatable bonds is 6. The van der Waals surface area contributed by atoms with Gasteiger partial charge in [-0.1, -0.05) is 6.07 Å². The SMILES string of the molecule is COc1ccc(CC(=O)NCCO)cc1NC(C)=O. The van der Waals surface area contributed by atoms with E-state index in [0.717, 1.165) is 5.56 Å². The Labute approximate surface area is 111 Å². The quantitative estimate of drug-likeness (QED) is 0.691. The minimum absolute atomic E-state index is 0.0918. The van der Waals surface area contributed by atoms with Gasteiger partial charge in [0.2, 0.25) is 11.8 Å². The summed E-state index contributed by atoms with van der Waals surface area (Å²) in [5.41, 5.74) is 1.28. The minimum Gasteiger partial charge on any atom is -0.495 e. The second-order valence-corrected chi connectivity index (χ2v) is 3.97. The summed E-state index contributed by atoms with van der Waals surface area (Å²) in [6.45, 7) is 1.54. The lowest BCUT2D eigenvalue weighted by Gasteiger charge is -2.11. The summed E-state index contributed by atoms with van der Waals surface area (Å²) < 4.78 is 5.12. The molecule has 0 unspecified atom stereocenters. The van der Waals surface area contributed by atoms with Gasteiger partial charge in [0.25, 0.3) is 0 Å². The number of aliphatic hydroxyl groups is 1. The lowest BCUT2D eigenvalue weighted by atomic mass is 10.1. The summed E-state index contributed by atoms with van der Waals surface area (Å²) in [5, 5.41) is 13.8. The van der Waals surface area contributed by atoms with Crippen molar-refractivity contribution >= 4 is 17.5 Å². The van der Waals surface area contributed by atoms with Gasteiger partial charge in [0, 0.05) is 13.5 Å². The molecule has 0 saturated carbocycles. The Morgan fingerprint density at radius 2 is 2.11 bits per heavy atom. The molecule has 0 aliphatic rings. The molecule has 0 saturated heterocycles. The molecule has 0 fully saturated rings. The van der Waals surface area contributed by atoms with E-state index < -0.39 is 0 Å². The van der Waals surface area contributed by atoms with Crippen molar-refractivity contribution in [3.8, 4) is 5.75 Å². The van der Waals surface area contributed by atoms with E-state index in [0.29, 0.717) is 11.4 Å². The predicted molar refractivity (Wildman–Crippen MR) is 71.1 cm³/mol. The minimum atomic E-state index is -0.208. The van der Waals surface area contributed by atoms with Crippen LogP contribution in [-0.4, -0.2) is 37.2 Å². The number of hydrogen-bond donors (Lipinski definition) is 3. The molecule has 2 amide bonds. The average molecular weight is 266 g/mol. The topological polar surface area (TPSA) is 87.7 Å². The lowest BCUT2D eigenvalue weighted by Crippen LogP contribution is -2.27. The highest BCUT2D eigenvalue weighted by Crippen LogP contribution is 2.25.